The predicted molar refractivity (Wildman–Crippen MR) is 74.0 cm³/mol. The van der Waals surface area contributed by atoms with Gasteiger partial charge in [-0.3, -0.25) is 0 Å². The molecule has 0 aliphatic carbocycles. The van der Waals surface area contributed by atoms with E-state index in [4.69, 9.17) is 16.3 Å². The molecule has 0 amide bonds. The Bertz CT molecular complexity index is 709. The van der Waals surface area contributed by atoms with Crippen molar-refractivity contribution in [3.05, 3.63) is 65.1 Å². The van der Waals surface area contributed by atoms with Crippen molar-refractivity contribution in [2.24, 2.45) is 0 Å². The number of hydrogen-bond acceptors (Lipinski definition) is 1. The lowest BCUT2D eigenvalue weighted by molar-refractivity contribution is 0.299. The average molecular weight is 276 g/mol. The van der Waals surface area contributed by atoms with E-state index in [1.54, 1.807) is 12.3 Å². The molecule has 3 aromatic rings. The van der Waals surface area contributed by atoms with Gasteiger partial charge in [-0.2, -0.15) is 0 Å². The lowest BCUT2D eigenvalue weighted by Gasteiger charge is -2.05. The maximum Gasteiger partial charge on any atom is 0.200 e. The van der Waals surface area contributed by atoms with E-state index in [9.17, 15) is 4.39 Å². The molecule has 19 heavy (non-hydrogen) atoms. The quantitative estimate of drug-likeness (QED) is 0.746. The van der Waals surface area contributed by atoms with E-state index in [2.05, 4.69) is 4.98 Å². The number of H-pyrrole nitrogens is 1. The highest BCUT2D eigenvalue weighted by Crippen LogP contribution is 2.33. The Kier molecular flexibility index (Phi) is 3.13. The van der Waals surface area contributed by atoms with Crippen LogP contribution in [0.1, 0.15) is 5.56 Å². The molecule has 0 fully saturated rings. The number of ether oxygens (including phenoxy) is 1. The Morgan fingerprint density at radius 2 is 1.89 bits per heavy atom. The summed E-state index contributed by atoms with van der Waals surface area (Å²) in [6, 6.07) is 12.8. The summed E-state index contributed by atoms with van der Waals surface area (Å²) in [4.78, 5) is 2.98. The Morgan fingerprint density at radius 1 is 1.11 bits per heavy atom. The highest BCUT2D eigenvalue weighted by molar-refractivity contribution is 6.36. The molecular weight excluding hydrogens is 265 g/mol. The Hall–Kier alpha value is -2.00. The third-order valence-electron chi connectivity index (χ3n) is 2.94. The number of fused-ring (bicyclic) bond motifs is 1. The normalized spacial score (nSPS) is 10.8. The summed E-state index contributed by atoms with van der Waals surface area (Å²) >= 11 is 5.98. The number of hydrogen-bond donors (Lipinski definition) is 1. The van der Waals surface area contributed by atoms with Crippen LogP contribution < -0.4 is 4.74 Å². The summed E-state index contributed by atoms with van der Waals surface area (Å²) in [5, 5.41) is 1.49. The summed E-state index contributed by atoms with van der Waals surface area (Å²) in [6.07, 6.45) is 1.75. The van der Waals surface area contributed by atoms with Crippen molar-refractivity contribution in [3.8, 4) is 5.88 Å². The van der Waals surface area contributed by atoms with Crippen LogP contribution in [0.25, 0.3) is 10.8 Å². The molecule has 3 rings (SSSR count). The molecule has 0 aliphatic rings. The predicted octanol–water partition coefficient (Wildman–Crippen LogP) is 4.54. The Labute approximate surface area is 114 Å². The molecule has 0 unspecified atom stereocenters. The van der Waals surface area contributed by atoms with Gasteiger partial charge >= 0.3 is 0 Å². The molecule has 4 heteroatoms. The van der Waals surface area contributed by atoms with Gasteiger partial charge in [-0.25, -0.2) is 4.39 Å². The van der Waals surface area contributed by atoms with E-state index in [-0.39, 0.29) is 5.02 Å². The smallest absolute Gasteiger partial charge is 0.200 e. The molecule has 1 N–H and O–H groups in total. The molecule has 2 nitrogen and oxygen atoms in total. The molecule has 0 spiro atoms. The van der Waals surface area contributed by atoms with Crippen molar-refractivity contribution < 1.29 is 9.13 Å². The van der Waals surface area contributed by atoms with Crippen LogP contribution in [0, 0.1) is 5.82 Å². The van der Waals surface area contributed by atoms with Gasteiger partial charge in [0.1, 0.15) is 12.4 Å². The SMILES string of the molecule is Fc1ccc2c[nH]c(OCc3ccccc3)c2c1Cl. The van der Waals surface area contributed by atoms with E-state index in [0.29, 0.717) is 17.9 Å². The summed E-state index contributed by atoms with van der Waals surface area (Å²) in [5.74, 6) is 0.0432. The first kappa shape index (κ1) is 12.1. The topological polar surface area (TPSA) is 25.0 Å². The molecule has 0 saturated carbocycles. The molecule has 0 radical (unpaired) electrons. The summed E-state index contributed by atoms with van der Waals surface area (Å²) in [6.45, 7) is 0.406. The Balaban J connectivity index is 1.91. The fourth-order valence-corrected chi connectivity index (χ4v) is 2.23. The molecule has 1 heterocycles. The molecular formula is C15H11ClFNO. The zero-order chi connectivity index (χ0) is 13.2. The van der Waals surface area contributed by atoms with Crippen LogP contribution in [0.15, 0.2) is 48.7 Å². The van der Waals surface area contributed by atoms with E-state index in [1.165, 1.54) is 6.07 Å². The van der Waals surface area contributed by atoms with Gasteiger partial charge in [0.05, 0.1) is 10.4 Å². The van der Waals surface area contributed by atoms with E-state index >= 15 is 0 Å². The van der Waals surface area contributed by atoms with Gasteiger partial charge in [-0.1, -0.05) is 41.9 Å². The fraction of sp³-hybridized carbons (Fsp3) is 0.0667. The zero-order valence-electron chi connectivity index (χ0n) is 9.99. The third kappa shape index (κ3) is 2.29. The van der Waals surface area contributed by atoms with Gasteiger partial charge in [0.15, 0.2) is 0 Å². The van der Waals surface area contributed by atoms with E-state index in [0.717, 1.165) is 10.9 Å². The van der Waals surface area contributed by atoms with Gasteiger partial charge in [0, 0.05) is 11.6 Å². The summed E-state index contributed by atoms with van der Waals surface area (Å²) in [5.41, 5.74) is 1.04. The van der Waals surface area contributed by atoms with Crippen molar-refractivity contribution in [1.29, 1.82) is 0 Å². The second-order valence-corrected chi connectivity index (χ2v) is 4.60. The minimum atomic E-state index is -0.446. The highest BCUT2D eigenvalue weighted by atomic mass is 35.5. The maximum atomic E-state index is 13.5. The molecule has 2 aromatic carbocycles. The zero-order valence-corrected chi connectivity index (χ0v) is 10.7. The first-order valence-corrected chi connectivity index (χ1v) is 6.25. The van der Waals surface area contributed by atoms with Crippen LogP contribution in [-0.2, 0) is 6.61 Å². The number of aromatic nitrogens is 1. The minimum Gasteiger partial charge on any atom is -0.474 e. The summed E-state index contributed by atoms with van der Waals surface area (Å²) in [7, 11) is 0. The van der Waals surface area contributed by atoms with Crippen LogP contribution in [0.2, 0.25) is 5.02 Å². The lowest BCUT2D eigenvalue weighted by Crippen LogP contribution is -1.95. The maximum absolute atomic E-state index is 13.5. The van der Waals surface area contributed by atoms with Crippen molar-refractivity contribution >= 4 is 22.4 Å². The minimum absolute atomic E-state index is 0.0850. The fourth-order valence-electron chi connectivity index (χ4n) is 1.98. The standard InChI is InChI=1S/C15H11ClFNO/c16-14-12(17)7-6-11-8-18-15(13(11)14)19-9-10-4-2-1-3-5-10/h1-8,18H,9H2. The number of rotatable bonds is 3. The number of benzene rings is 2. The first-order valence-electron chi connectivity index (χ1n) is 5.87. The van der Waals surface area contributed by atoms with Crippen molar-refractivity contribution in [3.63, 3.8) is 0 Å². The van der Waals surface area contributed by atoms with Crippen molar-refractivity contribution in [1.82, 2.24) is 4.98 Å². The van der Waals surface area contributed by atoms with Crippen LogP contribution in [0.4, 0.5) is 4.39 Å². The molecule has 0 bridgehead atoms. The number of nitrogens with one attached hydrogen (secondary N) is 1. The van der Waals surface area contributed by atoms with Gasteiger partial charge in [0.25, 0.3) is 0 Å². The van der Waals surface area contributed by atoms with E-state index < -0.39 is 5.82 Å². The first-order chi connectivity index (χ1) is 9.25. The van der Waals surface area contributed by atoms with Crippen LogP contribution >= 0.6 is 11.6 Å². The molecule has 96 valence electrons. The van der Waals surface area contributed by atoms with Gasteiger partial charge in [0.2, 0.25) is 5.88 Å². The van der Waals surface area contributed by atoms with Crippen LogP contribution in [0.5, 0.6) is 5.88 Å². The molecule has 0 aliphatic heterocycles. The van der Waals surface area contributed by atoms with Crippen molar-refractivity contribution in [2.75, 3.05) is 0 Å². The second kappa shape index (κ2) is 4.94. The number of halogens is 2. The average Bonchev–Trinajstić information content (AvgIpc) is 2.86. The third-order valence-corrected chi connectivity index (χ3v) is 3.31. The molecule has 0 atom stereocenters. The monoisotopic (exact) mass is 275 g/mol. The molecule has 0 saturated heterocycles. The van der Waals surface area contributed by atoms with Gasteiger partial charge < -0.3 is 9.72 Å². The Morgan fingerprint density at radius 3 is 2.68 bits per heavy atom. The van der Waals surface area contributed by atoms with Crippen LogP contribution in [0.3, 0.4) is 0 Å². The largest absolute Gasteiger partial charge is 0.474 e. The summed E-state index contributed by atoms with van der Waals surface area (Å²) < 4.78 is 19.1. The van der Waals surface area contributed by atoms with Gasteiger partial charge in [-0.05, 0) is 17.7 Å². The van der Waals surface area contributed by atoms with Crippen molar-refractivity contribution in [2.45, 2.75) is 6.61 Å². The van der Waals surface area contributed by atoms with Crippen LogP contribution in [-0.4, -0.2) is 4.98 Å². The van der Waals surface area contributed by atoms with Gasteiger partial charge in [-0.15, -0.1) is 0 Å². The van der Waals surface area contributed by atoms with E-state index in [1.807, 2.05) is 30.3 Å². The number of aromatic amines is 1. The lowest BCUT2D eigenvalue weighted by atomic mass is 10.2. The molecule has 1 aromatic heterocycles. The second-order valence-electron chi connectivity index (χ2n) is 4.22. The highest BCUT2D eigenvalue weighted by Gasteiger charge is 2.12.